The van der Waals surface area contributed by atoms with Gasteiger partial charge < -0.3 is 15.4 Å². The van der Waals surface area contributed by atoms with Gasteiger partial charge in [-0.3, -0.25) is 4.79 Å². The third kappa shape index (κ3) is 4.18. The normalized spacial score (nSPS) is 10.3. The molecule has 0 aliphatic carbocycles. The first-order chi connectivity index (χ1) is 12.1. The zero-order valence-electron chi connectivity index (χ0n) is 14.1. The molecule has 3 aromatic carbocycles. The summed E-state index contributed by atoms with van der Waals surface area (Å²) in [5.41, 5.74) is 7.87. The Morgan fingerprint density at radius 2 is 1.56 bits per heavy atom. The predicted octanol–water partition coefficient (Wildman–Crippen LogP) is 4.21. The minimum absolute atomic E-state index is 0.415. The molecule has 0 spiro atoms. The third-order valence-electron chi connectivity index (χ3n) is 3.91. The first kappa shape index (κ1) is 16.6. The molecule has 0 aromatic heterocycles. The standard InChI is InChI=1S/C21H20N2O2/c1-23(15-16-11-13-17(14-12-16)21(22)24)19-9-5-6-10-20(19)25-18-7-3-2-4-8-18/h2-14H,15H2,1H3,(H2,22,24). The molecule has 0 atom stereocenters. The van der Waals surface area contributed by atoms with Gasteiger partial charge in [0.25, 0.3) is 0 Å². The lowest BCUT2D eigenvalue weighted by Gasteiger charge is -2.22. The van der Waals surface area contributed by atoms with Gasteiger partial charge in [-0.05, 0) is 42.0 Å². The first-order valence-corrected chi connectivity index (χ1v) is 8.05. The van der Waals surface area contributed by atoms with Gasteiger partial charge in [0.2, 0.25) is 5.91 Å². The second kappa shape index (κ2) is 7.53. The summed E-state index contributed by atoms with van der Waals surface area (Å²) in [5, 5.41) is 0. The first-order valence-electron chi connectivity index (χ1n) is 8.05. The van der Waals surface area contributed by atoms with E-state index in [-0.39, 0.29) is 0 Å². The summed E-state index contributed by atoms with van der Waals surface area (Å²) in [6.07, 6.45) is 0. The van der Waals surface area contributed by atoms with Crippen molar-refractivity contribution in [2.45, 2.75) is 6.54 Å². The van der Waals surface area contributed by atoms with E-state index in [1.165, 1.54) is 0 Å². The lowest BCUT2D eigenvalue weighted by Crippen LogP contribution is -2.17. The smallest absolute Gasteiger partial charge is 0.248 e. The predicted molar refractivity (Wildman–Crippen MR) is 100 cm³/mol. The van der Waals surface area contributed by atoms with Crippen LogP contribution in [0.2, 0.25) is 0 Å². The molecule has 3 rings (SSSR count). The van der Waals surface area contributed by atoms with Gasteiger partial charge in [-0.1, -0.05) is 42.5 Å². The molecule has 4 heteroatoms. The maximum Gasteiger partial charge on any atom is 0.248 e. The van der Waals surface area contributed by atoms with Gasteiger partial charge in [-0.15, -0.1) is 0 Å². The lowest BCUT2D eigenvalue weighted by molar-refractivity contribution is 0.100. The average Bonchev–Trinajstić information content (AvgIpc) is 2.63. The van der Waals surface area contributed by atoms with Crippen molar-refractivity contribution in [3.8, 4) is 11.5 Å². The number of para-hydroxylation sites is 3. The minimum atomic E-state index is -0.415. The van der Waals surface area contributed by atoms with Gasteiger partial charge in [0, 0.05) is 19.2 Å². The highest BCUT2D eigenvalue weighted by molar-refractivity contribution is 5.92. The molecular formula is C21H20N2O2. The van der Waals surface area contributed by atoms with E-state index in [4.69, 9.17) is 10.5 Å². The molecule has 0 aliphatic rings. The zero-order valence-corrected chi connectivity index (χ0v) is 14.1. The van der Waals surface area contributed by atoms with Gasteiger partial charge in [-0.2, -0.15) is 0 Å². The van der Waals surface area contributed by atoms with E-state index in [1.807, 2.05) is 73.8 Å². The summed E-state index contributed by atoms with van der Waals surface area (Å²) in [7, 11) is 2.01. The van der Waals surface area contributed by atoms with Crippen LogP contribution >= 0.6 is 0 Å². The Bertz CT molecular complexity index is 845. The number of rotatable bonds is 6. The van der Waals surface area contributed by atoms with E-state index < -0.39 is 5.91 Å². The van der Waals surface area contributed by atoms with Gasteiger partial charge in [-0.25, -0.2) is 0 Å². The highest BCUT2D eigenvalue weighted by atomic mass is 16.5. The van der Waals surface area contributed by atoms with Crippen molar-refractivity contribution in [3.05, 3.63) is 90.0 Å². The fourth-order valence-corrected chi connectivity index (χ4v) is 2.61. The summed E-state index contributed by atoms with van der Waals surface area (Å²) in [5.74, 6) is 1.18. The molecule has 126 valence electrons. The summed E-state index contributed by atoms with van der Waals surface area (Å²) < 4.78 is 6.02. The number of anilines is 1. The van der Waals surface area contributed by atoms with Crippen LogP contribution in [-0.2, 0) is 6.54 Å². The van der Waals surface area contributed by atoms with Crippen LogP contribution in [0.5, 0.6) is 11.5 Å². The van der Waals surface area contributed by atoms with Crippen LogP contribution in [0.25, 0.3) is 0 Å². The monoisotopic (exact) mass is 332 g/mol. The third-order valence-corrected chi connectivity index (χ3v) is 3.91. The van der Waals surface area contributed by atoms with Crippen molar-refractivity contribution >= 4 is 11.6 Å². The molecule has 0 bridgehead atoms. The van der Waals surface area contributed by atoms with Crippen molar-refractivity contribution in [3.63, 3.8) is 0 Å². The van der Waals surface area contributed by atoms with Crippen molar-refractivity contribution in [1.82, 2.24) is 0 Å². The SMILES string of the molecule is CN(Cc1ccc(C(N)=O)cc1)c1ccccc1Oc1ccccc1. The molecule has 0 radical (unpaired) electrons. The quantitative estimate of drug-likeness (QED) is 0.735. The second-order valence-electron chi connectivity index (χ2n) is 5.80. The Labute approximate surface area is 147 Å². The summed E-state index contributed by atoms with van der Waals surface area (Å²) >= 11 is 0. The van der Waals surface area contributed by atoms with Crippen LogP contribution in [0, 0.1) is 0 Å². The number of hydrogen-bond acceptors (Lipinski definition) is 3. The number of ether oxygens (including phenoxy) is 1. The molecule has 0 aliphatic heterocycles. The van der Waals surface area contributed by atoms with Crippen molar-refractivity contribution in [1.29, 1.82) is 0 Å². The number of hydrogen-bond donors (Lipinski definition) is 1. The second-order valence-corrected chi connectivity index (χ2v) is 5.80. The van der Waals surface area contributed by atoms with E-state index in [2.05, 4.69) is 4.90 Å². The largest absolute Gasteiger partial charge is 0.455 e. The lowest BCUT2D eigenvalue weighted by atomic mass is 10.1. The molecule has 0 saturated heterocycles. The molecule has 0 unspecified atom stereocenters. The number of primary amides is 1. The number of carbonyl (C=O) groups is 1. The highest BCUT2D eigenvalue weighted by Gasteiger charge is 2.10. The molecular weight excluding hydrogens is 312 g/mol. The Morgan fingerprint density at radius 1 is 0.920 bits per heavy atom. The summed E-state index contributed by atoms with van der Waals surface area (Å²) in [6, 6.07) is 25.0. The number of benzene rings is 3. The van der Waals surface area contributed by atoms with Crippen LogP contribution < -0.4 is 15.4 Å². The average molecular weight is 332 g/mol. The molecule has 1 amide bonds. The van der Waals surface area contributed by atoms with Gasteiger partial charge in [0.05, 0.1) is 5.69 Å². The minimum Gasteiger partial charge on any atom is -0.455 e. The van der Waals surface area contributed by atoms with Crippen LogP contribution in [0.15, 0.2) is 78.9 Å². The van der Waals surface area contributed by atoms with E-state index in [9.17, 15) is 4.79 Å². The van der Waals surface area contributed by atoms with Crippen molar-refractivity contribution < 1.29 is 9.53 Å². The van der Waals surface area contributed by atoms with E-state index in [0.29, 0.717) is 12.1 Å². The molecule has 3 aromatic rings. The molecule has 0 saturated carbocycles. The topological polar surface area (TPSA) is 55.6 Å². The zero-order chi connectivity index (χ0) is 17.6. The van der Waals surface area contributed by atoms with Crippen molar-refractivity contribution in [2.24, 2.45) is 5.73 Å². The molecule has 25 heavy (non-hydrogen) atoms. The summed E-state index contributed by atoms with van der Waals surface area (Å²) in [4.78, 5) is 13.3. The molecule has 0 heterocycles. The van der Waals surface area contributed by atoms with Crippen LogP contribution in [0.3, 0.4) is 0 Å². The Morgan fingerprint density at radius 3 is 2.24 bits per heavy atom. The Hall–Kier alpha value is -3.27. The number of nitrogens with two attached hydrogens (primary N) is 1. The van der Waals surface area contributed by atoms with Gasteiger partial charge >= 0.3 is 0 Å². The fraction of sp³-hybridized carbons (Fsp3) is 0.0952. The molecule has 0 fully saturated rings. The molecule has 4 nitrogen and oxygen atoms in total. The number of carbonyl (C=O) groups excluding carboxylic acids is 1. The maximum absolute atomic E-state index is 11.2. The maximum atomic E-state index is 11.2. The van der Waals surface area contributed by atoms with Crippen LogP contribution in [0.1, 0.15) is 15.9 Å². The Kier molecular flexibility index (Phi) is 5.00. The van der Waals surface area contributed by atoms with E-state index >= 15 is 0 Å². The number of nitrogens with zero attached hydrogens (tertiary/aromatic N) is 1. The summed E-state index contributed by atoms with van der Waals surface area (Å²) in [6.45, 7) is 0.689. The van der Waals surface area contributed by atoms with Gasteiger partial charge in [0.1, 0.15) is 5.75 Å². The fourth-order valence-electron chi connectivity index (χ4n) is 2.61. The van der Waals surface area contributed by atoms with Crippen molar-refractivity contribution in [2.75, 3.05) is 11.9 Å². The highest BCUT2D eigenvalue weighted by Crippen LogP contribution is 2.32. The van der Waals surface area contributed by atoms with Crippen LogP contribution in [0.4, 0.5) is 5.69 Å². The van der Waals surface area contributed by atoms with Crippen LogP contribution in [-0.4, -0.2) is 13.0 Å². The van der Waals surface area contributed by atoms with E-state index in [0.717, 1.165) is 22.7 Å². The Balaban J connectivity index is 1.78. The van der Waals surface area contributed by atoms with Gasteiger partial charge in [0.15, 0.2) is 5.75 Å². The molecule has 2 N–H and O–H groups in total. The number of amides is 1. The van der Waals surface area contributed by atoms with E-state index in [1.54, 1.807) is 12.1 Å².